The summed E-state index contributed by atoms with van der Waals surface area (Å²) in [5.41, 5.74) is 29.3. The summed E-state index contributed by atoms with van der Waals surface area (Å²) in [6, 6.07) is 95.5. The van der Waals surface area contributed by atoms with Gasteiger partial charge in [-0.15, -0.1) is 0 Å². The lowest BCUT2D eigenvalue weighted by atomic mass is 9.65. The van der Waals surface area contributed by atoms with Crippen molar-refractivity contribution in [1.82, 2.24) is 0 Å². The Balaban J connectivity index is 1.05. The molecule has 326 valence electrons. The normalized spacial score (nSPS) is 14.8. The smallest absolute Gasteiger partial charge is 0.0781 e. The van der Waals surface area contributed by atoms with E-state index >= 15 is 0 Å². The van der Waals surface area contributed by atoms with Crippen LogP contribution in [0.3, 0.4) is 0 Å². The van der Waals surface area contributed by atoms with Crippen LogP contribution in [-0.4, -0.2) is 0 Å². The minimum absolute atomic E-state index is 0.610. The minimum Gasteiger partial charge on any atom is -0.308 e. The second-order valence-corrected chi connectivity index (χ2v) is 19.1. The van der Waals surface area contributed by atoms with E-state index < -0.39 is 5.41 Å². The second-order valence-electron chi connectivity index (χ2n) is 19.1. The molecule has 11 aromatic carbocycles. The maximum absolute atomic E-state index is 2.50. The molecule has 0 N–H and O–H groups in total. The fourth-order valence-corrected chi connectivity index (χ4v) is 12.9. The zero-order valence-electron chi connectivity index (χ0n) is 38.4. The van der Waals surface area contributed by atoms with Gasteiger partial charge < -0.3 is 9.80 Å². The van der Waals surface area contributed by atoms with E-state index in [-0.39, 0.29) is 0 Å². The van der Waals surface area contributed by atoms with E-state index in [9.17, 15) is 0 Å². The number of benzene rings is 11. The lowest BCUT2D eigenvalue weighted by Crippen LogP contribution is -2.29. The molecule has 3 aliphatic carbocycles. The van der Waals surface area contributed by atoms with Gasteiger partial charge in [0.2, 0.25) is 0 Å². The monoisotopic (exact) mass is 888 g/mol. The molecule has 1 aliphatic heterocycles. The molecule has 0 aromatic heterocycles. The summed E-state index contributed by atoms with van der Waals surface area (Å²) >= 11 is 0. The summed E-state index contributed by atoms with van der Waals surface area (Å²) in [7, 11) is 0. The predicted molar refractivity (Wildman–Crippen MR) is 290 cm³/mol. The van der Waals surface area contributed by atoms with Crippen molar-refractivity contribution >= 4 is 34.1 Å². The van der Waals surface area contributed by atoms with Gasteiger partial charge in [0.25, 0.3) is 0 Å². The molecule has 15 rings (SSSR count). The largest absolute Gasteiger partial charge is 0.308 e. The molecule has 11 aromatic rings. The summed E-state index contributed by atoms with van der Waals surface area (Å²) < 4.78 is 0. The van der Waals surface area contributed by atoms with Crippen molar-refractivity contribution in [2.45, 2.75) is 11.8 Å². The van der Waals surface area contributed by atoms with Gasteiger partial charge in [0.05, 0.1) is 22.5 Å². The number of anilines is 6. The topological polar surface area (TPSA) is 6.48 Å². The molecule has 0 saturated heterocycles. The zero-order valence-corrected chi connectivity index (χ0v) is 38.4. The first-order chi connectivity index (χ1) is 34.8. The Morgan fingerprint density at radius 2 is 0.843 bits per heavy atom. The molecule has 2 nitrogen and oxygen atoms in total. The Morgan fingerprint density at radius 1 is 0.314 bits per heavy atom. The van der Waals surface area contributed by atoms with Gasteiger partial charge in [0, 0.05) is 28.2 Å². The third-order valence-corrected chi connectivity index (χ3v) is 15.6. The molecular weight excluding hydrogens is 845 g/mol. The highest BCUT2D eigenvalue weighted by Crippen LogP contribution is 2.65. The van der Waals surface area contributed by atoms with E-state index in [1.807, 2.05) is 0 Å². The highest BCUT2D eigenvalue weighted by atomic mass is 15.2. The van der Waals surface area contributed by atoms with E-state index in [0.717, 1.165) is 40.5 Å². The van der Waals surface area contributed by atoms with Crippen LogP contribution in [0.2, 0.25) is 0 Å². The maximum Gasteiger partial charge on any atom is 0.0781 e. The fraction of sp³-hybridized carbons (Fsp3) is 0.0294. The maximum atomic E-state index is 2.50. The van der Waals surface area contributed by atoms with Crippen LogP contribution in [0.15, 0.2) is 255 Å². The summed E-state index contributed by atoms with van der Waals surface area (Å²) in [6.45, 7) is 0. The third-order valence-electron chi connectivity index (χ3n) is 15.6. The molecule has 1 spiro atoms. The first-order valence-electron chi connectivity index (χ1n) is 24.5. The van der Waals surface area contributed by atoms with Crippen molar-refractivity contribution in [2.75, 3.05) is 9.80 Å². The van der Waals surface area contributed by atoms with Crippen LogP contribution in [0.1, 0.15) is 33.4 Å². The molecule has 0 bridgehead atoms. The minimum atomic E-state index is -0.610. The van der Waals surface area contributed by atoms with Crippen LogP contribution in [0, 0.1) is 0 Å². The molecule has 2 heteroatoms. The van der Waals surface area contributed by atoms with Crippen LogP contribution in [0.4, 0.5) is 34.1 Å². The molecule has 70 heavy (non-hydrogen) atoms. The van der Waals surface area contributed by atoms with Gasteiger partial charge in [0.1, 0.15) is 0 Å². The molecule has 4 aliphatic rings. The number of hydrogen-bond donors (Lipinski definition) is 0. The van der Waals surface area contributed by atoms with Crippen molar-refractivity contribution in [3.63, 3.8) is 0 Å². The van der Waals surface area contributed by atoms with E-state index in [1.165, 1.54) is 100 Å². The predicted octanol–water partition coefficient (Wildman–Crippen LogP) is 17.9. The Morgan fingerprint density at radius 3 is 1.60 bits per heavy atom. The van der Waals surface area contributed by atoms with E-state index in [1.54, 1.807) is 0 Å². The van der Waals surface area contributed by atoms with Crippen LogP contribution in [0.5, 0.6) is 0 Å². The number of rotatable bonds is 4. The Bertz CT molecular complexity index is 3940. The summed E-state index contributed by atoms with van der Waals surface area (Å²) in [4.78, 5) is 4.99. The van der Waals surface area contributed by atoms with Crippen LogP contribution < -0.4 is 9.80 Å². The van der Waals surface area contributed by atoms with Crippen molar-refractivity contribution in [3.8, 4) is 66.8 Å². The quantitative estimate of drug-likeness (QED) is 0.174. The highest BCUT2D eigenvalue weighted by Gasteiger charge is 2.51. The molecule has 1 unspecified atom stereocenters. The molecule has 0 fully saturated rings. The summed E-state index contributed by atoms with van der Waals surface area (Å²) in [6.07, 6.45) is 0.952. The summed E-state index contributed by atoms with van der Waals surface area (Å²) in [5.74, 6) is 0. The molecule has 0 amide bonds. The molecular formula is C68H44N2. The Kier molecular flexibility index (Phi) is 8.38. The van der Waals surface area contributed by atoms with Gasteiger partial charge in [-0.05, 0) is 144 Å². The van der Waals surface area contributed by atoms with Gasteiger partial charge in [-0.3, -0.25) is 0 Å². The molecule has 1 atom stereocenters. The Labute approximate surface area is 408 Å². The van der Waals surface area contributed by atoms with Crippen LogP contribution in [-0.2, 0) is 11.8 Å². The highest BCUT2D eigenvalue weighted by molar-refractivity contribution is 6.08. The number of fused-ring (bicyclic) bond motifs is 21. The fourth-order valence-electron chi connectivity index (χ4n) is 12.9. The standard InChI is InChI=1S/C68H44N2/c1-3-21-46(22-4-1)69(64-37-19-33-56-52-28-11-10-27-51(52)55-31-15-18-36-63(55)70(67(56)64)47-23-5-2-6-24-47)48-39-41-61-58(43-48)53-29-12-9-26-50(53)54-30-13-16-34-59(54)68(61)60-35-17-14-32-57(60)66-62(68)40-38-45-42-44-20-7-8-25-49(44)65(45)66/h1-41,43H,42H2. The lowest BCUT2D eigenvalue weighted by Gasteiger charge is -2.37. The zero-order chi connectivity index (χ0) is 45.9. The molecule has 0 radical (unpaired) electrons. The third kappa shape index (κ3) is 5.33. The number of para-hydroxylation sites is 4. The Hall–Kier alpha value is -8.98. The number of nitrogens with zero attached hydrogens (tertiary/aromatic N) is 2. The van der Waals surface area contributed by atoms with Crippen molar-refractivity contribution in [2.24, 2.45) is 0 Å². The lowest BCUT2D eigenvalue weighted by molar-refractivity contribution is 0.775. The molecule has 0 saturated carbocycles. The van der Waals surface area contributed by atoms with E-state index in [4.69, 9.17) is 0 Å². The first kappa shape index (κ1) is 39.1. The van der Waals surface area contributed by atoms with Gasteiger partial charge in [-0.25, -0.2) is 0 Å². The van der Waals surface area contributed by atoms with Gasteiger partial charge in [0.15, 0.2) is 0 Å². The van der Waals surface area contributed by atoms with Gasteiger partial charge in [-0.2, -0.15) is 0 Å². The second kappa shape index (κ2) is 15.0. The first-order valence-corrected chi connectivity index (χ1v) is 24.5. The SMILES string of the molecule is c1ccc(N(c2ccc3c(c2)-c2ccccc2-c2ccccc2C32c3ccccc3-c3c2ccc2c3-c3ccccc3C2)c2cccc3c2N(c2ccccc2)c2ccccc2-c2ccccc2-3)cc1. The van der Waals surface area contributed by atoms with E-state index in [2.05, 4.69) is 265 Å². The van der Waals surface area contributed by atoms with Crippen LogP contribution in [0.25, 0.3) is 66.8 Å². The average molecular weight is 889 g/mol. The molecule has 1 heterocycles. The van der Waals surface area contributed by atoms with Gasteiger partial charge >= 0.3 is 0 Å². The van der Waals surface area contributed by atoms with E-state index in [0.29, 0.717) is 0 Å². The van der Waals surface area contributed by atoms with Gasteiger partial charge in [-0.1, -0.05) is 206 Å². The summed E-state index contributed by atoms with van der Waals surface area (Å²) in [5, 5.41) is 0. The van der Waals surface area contributed by atoms with Crippen molar-refractivity contribution in [1.29, 1.82) is 0 Å². The average Bonchev–Trinajstić information content (AvgIpc) is 3.88. The van der Waals surface area contributed by atoms with Crippen molar-refractivity contribution < 1.29 is 0 Å². The number of hydrogen-bond acceptors (Lipinski definition) is 2. The van der Waals surface area contributed by atoms with Crippen LogP contribution >= 0.6 is 0 Å². The van der Waals surface area contributed by atoms with Crippen molar-refractivity contribution in [3.05, 3.63) is 288 Å².